The first-order valence-corrected chi connectivity index (χ1v) is 7.40. The summed E-state index contributed by atoms with van der Waals surface area (Å²) < 4.78 is 1.83. The van der Waals surface area contributed by atoms with Gasteiger partial charge in [-0.2, -0.15) is 5.10 Å². The van der Waals surface area contributed by atoms with Gasteiger partial charge in [-0.15, -0.1) is 11.3 Å². The van der Waals surface area contributed by atoms with E-state index in [4.69, 9.17) is 0 Å². The van der Waals surface area contributed by atoms with Gasteiger partial charge in [-0.1, -0.05) is 0 Å². The van der Waals surface area contributed by atoms with Crippen molar-refractivity contribution in [3.05, 3.63) is 33.8 Å². The summed E-state index contributed by atoms with van der Waals surface area (Å²) in [7, 11) is 1.94. The summed E-state index contributed by atoms with van der Waals surface area (Å²) in [4.78, 5) is 3.06. The van der Waals surface area contributed by atoms with Crippen LogP contribution in [-0.4, -0.2) is 9.78 Å². The molecule has 96 valence electrons. The van der Waals surface area contributed by atoms with Crippen molar-refractivity contribution in [3.8, 4) is 0 Å². The van der Waals surface area contributed by atoms with Gasteiger partial charge >= 0.3 is 0 Å². The quantitative estimate of drug-likeness (QED) is 0.916. The van der Waals surface area contributed by atoms with Gasteiger partial charge < -0.3 is 5.32 Å². The molecule has 1 aliphatic carbocycles. The molecule has 2 heterocycles. The fourth-order valence-electron chi connectivity index (χ4n) is 2.54. The van der Waals surface area contributed by atoms with Crippen molar-refractivity contribution < 1.29 is 0 Å². The molecule has 0 aromatic carbocycles. The third-order valence-electron chi connectivity index (χ3n) is 3.53. The highest BCUT2D eigenvalue weighted by molar-refractivity contribution is 7.12. The molecule has 0 amide bonds. The van der Waals surface area contributed by atoms with Crippen LogP contribution in [0.2, 0.25) is 0 Å². The maximum atomic E-state index is 4.19. The standard InChI is InChI=1S/C14H19N3S/c1-10(16-12-8-15-17(2)9-12)14-7-11-5-3-4-6-13(11)18-14/h7-10,16H,3-6H2,1-2H3. The minimum atomic E-state index is 0.366. The van der Waals surface area contributed by atoms with Crippen molar-refractivity contribution in [2.75, 3.05) is 5.32 Å². The van der Waals surface area contributed by atoms with Crippen molar-refractivity contribution in [3.63, 3.8) is 0 Å². The van der Waals surface area contributed by atoms with Gasteiger partial charge in [0, 0.05) is 23.0 Å². The van der Waals surface area contributed by atoms with E-state index in [0.29, 0.717) is 6.04 Å². The molecule has 1 N–H and O–H groups in total. The lowest BCUT2D eigenvalue weighted by molar-refractivity contribution is 0.696. The Bertz CT molecular complexity index is 517. The van der Waals surface area contributed by atoms with E-state index in [2.05, 4.69) is 23.4 Å². The number of anilines is 1. The molecule has 3 rings (SSSR count). The summed E-state index contributed by atoms with van der Waals surface area (Å²) in [6.07, 6.45) is 9.16. The highest BCUT2D eigenvalue weighted by Crippen LogP contribution is 2.33. The van der Waals surface area contributed by atoms with Crippen LogP contribution in [0.25, 0.3) is 0 Å². The molecule has 1 aliphatic rings. The molecular weight excluding hydrogens is 242 g/mol. The van der Waals surface area contributed by atoms with Gasteiger partial charge in [-0.3, -0.25) is 4.68 Å². The Labute approximate surface area is 112 Å². The summed E-state index contributed by atoms with van der Waals surface area (Å²) in [5.41, 5.74) is 2.68. The number of thiophene rings is 1. The number of nitrogens with zero attached hydrogens (tertiary/aromatic N) is 2. The van der Waals surface area contributed by atoms with Crippen LogP contribution in [0, 0.1) is 0 Å². The van der Waals surface area contributed by atoms with Gasteiger partial charge in [0.25, 0.3) is 0 Å². The third-order valence-corrected chi connectivity index (χ3v) is 4.95. The van der Waals surface area contributed by atoms with E-state index in [-0.39, 0.29) is 0 Å². The second kappa shape index (κ2) is 4.76. The number of aryl methyl sites for hydroxylation is 3. The Kier molecular flexibility index (Phi) is 3.12. The summed E-state index contributed by atoms with van der Waals surface area (Å²) >= 11 is 1.98. The molecule has 1 unspecified atom stereocenters. The number of fused-ring (bicyclic) bond motifs is 1. The summed E-state index contributed by atoms with van der Waals surface area (Å²) in [5, 5.41) is 7.70. The lowest BCUT2D eigenvalue weighted by Gasteiger charge is -2.11. The first kappa shape index (κ1) is 11.8. The molecule has 0 aliphatic heterocycles. The molecule has 0 bridgehead atoms. The molecule has 0 radical (unpaired) electrons. The van der Waals surface area contributed by atoms with Crippen LogP contribution in [0.4, 0.5) is 5.69 Å². The predicted octanol–water partition coefficient (Wildman–Crippen LogP) is 3.53. The zero-order chi connectivity index (χ0) is 12.5. The number of hydrogen-bond donors (Lipinski definition) is 1. The molecule has 0 fully saturated rings. The molecule has 4 heteroatoms. The van der Waals surface area contributed by atoms with Crippen LogP contribution in [-0.2, 0) is 19.9 Å². The zero-order valence-corrected chi connectivity index (χ0v) is 11.8. The van der Waals surface area contributed by atoms with E-state index >= 15 is 0 Å². The van der Waals surface area contributed by atoms with Crippen LogP contribution < -0.4 is 5.32 Å². The zero-order valence-electron chi connectivity index (χ0n) is 10.9. The molecule has 1 atom stereocenters. The molecule has 18 heavy (non-hydrogen) atoms. The van der Waals surface area contributed by atoms with Crippen LogP contribution in [0.5, 0.6) is 0 Å². The fourth-order valence-corrected chi connectivity index (χ4v) is 3.80. The van der Waals surface area contributed by atoms with Crippen LogP contribution >= 0.6 is 11.3 Å². The first-order valence-electron chi connectivity index (χ1n) is 6.59. The Morgan fingerprint density at radius 2 is 2.22 bits per heavy atom. The number of nitrogens with one attached hydrogen (secondary N) is 1. The van der Waals surface area contributed by atoms with Gasteiger partial charge in [0.05, 0.1) is 17.9 Å². The van der Waals surface area contributed by atoms with E-state index in [1.165, 1.54) is 30.6 Å². The molecule has 3 nitrogen and oxygen atoms in total. The first-order chi connectivity index (χ1) is 8.72. The average Bonchev–Trinajstić information content (AvgIpc) is 2.95. The Morgan fingerprint density at radius 1 is 1.39 bits per heavy atom. The van der Waals surface area contributed by atoms with Gasteiger partial charge in [-0.25, -0.2) is 0 Å². The number of rotatable bonds is 3. The Hall–Kier alpha value is -1.29. The predicted molar refractivity (Wildman–Crippen MR) is 76.2 cm³/mol. The molecule has 0 saturated heterocycles. The minimum absolute atomic E-state index is 0.366. The fraction of sp³-hybridized carbons (Fsp3) is 0.500. The minimum Gasteiger partial charge on any atom is -0.375 e. The largest absolute Gasteiger partial charge is 0.375 e. The second-order valence-corrected chi connectivity index (χ2v) is 6.24. The normalized spacial score (nSPS) is 16.3. The maximum absolute atomic E-state index is 4.19. The summed E-state index contributed by atoms with van der Waals surface area (Å²) in [6, 6.07) is 2.76. The van der Waals surface area contributed by atoms with E-state index in [0.717, 1.165) is 5.69 Å². The lowest BCUT2D eigenvalue weighted by atomic mass is 9.99. The lowest BCUT2D eigenvalue weighted by Crippen LogP contribution is -2.03. The highest BCUT2D eigenvalue weighted by Gasteiger charge is 2.16. The van der Waals surface area contributed by atoms with Crippen molar-refractivity contribution in [2.24, 2.45) is 7.05 Å². The monoisotopic (exact) mass is 261 g/mol. The number of hydrogen-bond acceptors (Lipinski definition) is 3. The smallest absolute Gasteiger partial charge is 0.0731 e. The Morgan fingerprint density at radius 3 is 2.94 bits per heavy atom. The molecule has 2 aromatic heterocycles. The van der Waals surface area contributed by atoms with Crippen molar-refractivity contribution in [2.45, 2.75) is 38.6 Å². The van der Waals surface area contributed by atoms with Crippen LogP contribution in [0.15, 0.2) is 18.5 Å². The second-order valence-electron chi connectivity index (χ2n) is 5.07. The maximum Gasteiger partial charge on any atom is 0.0731 e. The van der Waals surface area contributed by atoms with E-state index in [1.807, 2.05) is 35.5 Å². The van der Waals surface area contributed by atoms with E-state index in [9.17, 15) is 0 Å². The van der Waals surface area contributed by atoms with Crippen LogP contribution in [0.3, 0.4) is 0 Å². The van der Waals surface area contributed by atoms with Crippen molar-refractivity contribution >= 4 is 17.0 Å². The SMILES string of the molecule is CC(Nc1cnn(C)c1)c1cc2c(s1)CCCC2. The van der Waals surface area contributed by atoms with Gasteiger partial charge in [0.2, 0.25) is 0 Å². The van der Waals surface area contributed by atoms with Crippen molar-refractivity contribution in [1.82, 2.24) is 9.78 Å². The molecule has 0 saturated carbocycles. The van der Waals surface area contributed by atoms with Crippen molar-refractivity contribution in [1.29, 1.82) is 0 Å². The highest BCUT2D eigenvalue weighted by atomic mass is 32.1. The average molecular weight is 261 g/mol. The Balaban J connectivity index is 1.75. The molecule has 2 aromatic rings. The third kappa shape index (κ3) is 2.29. The summed E-state index contributed by atoms with van der Waals surface area (Å²) in [5.74, 6) is 0. The molecule has 0 spiro atoms. The van der Waals surface area contributed by atoms with Gasteiger partial charge in [0.1, 0.15) is 0 Å². The summed E-state index contributed by atoms with van der Waals surface area (Å²) in [6.45, 7) is 2.23. The number of aromatic nitrogens is 2. The van der Waals surface area contributed by atoms with E-state index in [1.54, 1.807) is 10.4 Å². The topological polar surface area (TPSA) is 29.9 Å². The molecular formula is C14H19N3S. The van der Waals surface area contributed by atoms with Crippen LogP contribution in [0.1, 0.15) is 41.1 Å². The van der Waals surface area contributed by atoms with E-state index < -0.39 is 0 Å². The van der Waals surface area contributed by atoms with Gasteiger partial charge in [-0.05, 0) is 44.2 Å². The van der Waals surface area contributed by atoms with Gasteiger partial charge in [0.15, 0.2) is 0 Å².